The summed E-state index contributed by atoms with van der Waals surface area (Å²) in [6.07, 6.45) is 1.02. The quantitative estimate of drug-likeness (QED) is 0.489. The number of aromatic nitrogens is 2. The fourth-order valence-corrected chi connectivity index (χ4v) is 3.90. The lowest BCUT2D eigenvalue weighted by atomic mass is 10.0. The van der Waals surface area contributed by atoms with Crippen LogP contribution < -0.4 is 0 Å². The van der Waals surface area contributed by atoms with Gasteiger partial charge in [0.05, 0.1) is 15.7 Å². The van der Waals surface area contributed by atoms with Crippen LogP contribution in [0.1, 0.15) is 18.1 Å². The van der Waals surface area contributed by atoms with Gasteiger partial charge in [-0.25, -0.2) is 4.98 Å². The summed E-state index contributed by atoms with van der Waals surface area (Å²) in [6, 6.07) is 13.5. The lowest BCUT2D eigenvalue weighted by Crippen LogP contribution is -1.95. The largest absolute Gasteiger partial charge is 0.344 e. The van der Waals surface area contributed by atoms with Crippen LogP contribution >= 0.6 is 11.3 Å². The van der Waals surface area contributed by atoms with Crippen LogP contribution in [0.4, 0.5) is 0 Å². The third-order valence-corrected chi connectivity index (χ3v) is 5.20. The Morgan fingerprint density at radius 1 is 1.14 bits per heavy atom. The van der Waals surface area contributed by atoms with Crippen molar-refractivity contribution >= 4 is 32.5 Å². The van der Waals surface area contributed by atoms with Gasteiger partial charge < -0.3 is 4.57 Å². The Bertz CT molecular complexity index is 991. The molecule has 0 unspecified atom stereocenters. The number of aryl methyl sites for hydroxylation is 3. The molecule has 4 aromatic rings. The molecule has 0 fully saturated rings. The minimum atomic E-state index is 1.02. The van der Waals surface area contributed by atoms with E-state index in [0.717, 1.165) is 11.9 Å². The fraction of sp³-hybridized carbons (Fsp3) is 0.211. The van der Waals surface area contributed by atoms with Crippen LogP contribution in [0.3, 0.4) is 0 Å². The maximum Gasteiger partial charge on any atom is 0.0815 e. The van der Waals surface area contributed by atoms with E-state index < -0.39 is 0 Å². The van der Waals surface area contributed by atoms with Gasteiger partial charge in [0.15, 0.2) is 0 Å². The molecule has 0 bridgehead atoms. The summed E-state index contributed by atoms with van der Waals surface area (Å²) >= 11 is 1.71. The van der Waals surface area contributed by atoms with Crippen molar-refractivity contribution in [1.82, 2.24) is 9.55 Å². The molecule has 0 aliphatic heterocycles. The molecule has 2 heterocycles. The lowest BCUT2D eigenvalue weighted by Gasteiger charge is -2.10. The number of hydrogen-bond acceptors (Lipinski definition) is 2. The highest BCUT2D eigenvalue weighted by atomic mass is 32.1. The van der Waals surface area contributed by atoms with E-state index in [2.05, 4.69) is 66.8 Å². The number of benzene rings is 2. The first-order valence-corrected chi connectivity index (χ1v) is 8.48. The van der Waals surface area contributed by atoms with Gasteiger partial charge in [0.1, 0.15) is 0 Å². The van der Waals surface area contributed by atoms with E-state index in [4.69, 9.17) is 0 Å². The van der Waals surface area contributed by atoms with Crippen LogP contribution in [-0.2, 0) is 13.5 Å². The maximum atomic E-state index is 4.45. The SMILES string of the molecule is CCc1cc2ncsc2cc1-c1cc2cc(C)ccc2n1C. The first kappa shape index (κ1) is 13.5. The van der Waals surface area contributed by atoms with E-state index in [1.165, 1.54) is 38.0 Å². The van der Waals surface area contributed by atoms with Crippen molar-refractivity contribution in [1.29, 1.82) is 0 Å². The molecule has 2 aromatic heterocycles. The predicted octanol–water partition coefficient (Wildman–Crippen LogP) is 5.33. The van der Waals surface area contributed by atoms with Crippen molar-refractivity contribution in [3.8, 4) is 11.3 Å². The maximum absolute atomic E-state index is 4.45. The Labute approximate surface area is 134 Å². The van der Waals surface area contributed by atoms with Gasteiger partial charge in [-0.3, -0.25) is 0 Å². The summed E-state index contributed by atoms with van der Waals surface area (Å²) < 4.78 is 3.56. The highest BCUT2D eigenvalue weighted by Crippen LogP contribution is 2.34. The van der Waals surface area contributed by atoms with Crippen LogP contribution in [0.15, 0.2) is 41.9 Å². The van der Waals surface area contributed by atoms with Crippen LogP contribution in [0.5, 0.6) is 0 Å². The smallest absolute Gasteiger partial charge is 0.0815 e. The van der Waals surface area contributed by atoms with E-state index in [0.29, 0.717) is 0 Å². The molecule has 0 N–H and O–H groups in total. The second-order valence-electron chi connectivity index (χ2n) is 5.83. The first-order chi connectivity index (χ1) is 10.7. The van der Waals surface area contributed by atoms with E-state index in [-0.39, 0.29) is 0 Å². The zero-order chi connectivity index (χ0) is 15.3. The number of nitrogens with zero attached hydrogens (tertiary/aromatic N) is 2. The Morgan fingerprint density at radius 2 is 2.00 bits per heavy atom. The predicted molar refractivity (Wildman–Crippen MR) is 95.6 cm³/mol. The molecule has 22 heavy (non-hydrogen) atoms. The Morgan fingerprint density at radius 3 is 2.82 bits per heavy atom. The normalized spacial score (nSPS) is 11.6. The standard InChI is InChI=1S/C19H18N2S/c1-4-13-8-16-19(22-11-20-16)10-15(13)18-9-14-7-12(2)5-6-17(14)21(18)3/h5-11H,4H2,1-3H3. The van der Waals surface area contributed by atoms with Gasteiger partial charge in [-0.1, -0.05) is 18.6 Å². The Hall–Kier alpha value is -2.13. The number of rotatable bonds is 2. The molecule has 0 aliphatic carbocycles. The van der Waals surface area contributed by atoms with Crippen LogP contribution in [0.25, 0.3) is 32.4 Å². The van der Waals surface area contributed by atoms with Crippen LogP contribution in [-0.4, -0.2) is 9.55 Å². The Kier molecular flexibility index (Phi) is 3.05. The molecule has 0 atom stereocenters. The summed E-state index contributed by atoms with van der Waals surface area (Å²) in [5.74, 6) is 0. The fourth-order valence-electron chi connectivity index (χ4n) is 3.21. The van der Waals surface area contributed by atoms with Crippen molar-refractivity contribution in [3.63, 3.8) is 0 Å². The van der Waals surface area contributed by atoms with Crippen LogP contribution in [0.2, 0.25) is 0 Å². The van der Waals surface area contributed by atoms with E-state index in [9.17, 15) is 0 Å². The molecule has 0 spiro atoms. The molecule has 110 valence electrons. The number of fused-ring (bicyclic) bond motifs is 2. The Balaban J connectivity index is 2.03. The second kappa shape index (κ2) is 4.96. The minimum Gasteiger partial charge on any atom is -0.344 e. The average molecular weight is 306 g/mol. The van der Waals surface area contributed by atoms with Gasteiger partial charge in [0.25, 0.3) is 0 Å². The molecule has 0 saturated heterocycles. The summed E-state index contributed by atoms with van der Waals surface area (Å²) in [5.41, 5.74) is 9.61. The molecule has 2 nitrogen and oxygen atoms in total. The second-order valence-corrected chi connectivity index (χ2v) is 6.72. The van der Waals surface area contributed by atoms with Gasteiger partial charge in [-0.15, -0.1) is 11.3 Å². The molecular weight excluding hydrogens is 288 g/mol. The molecular formula is C19H18N2S. The monoisotopic (exact) mass is 306 g/mol. The zero-order valence-corrected chi connectivity index (χ0v) is 13.9. The van der Waals surface area contributed by atoms with Crippen molar-refractivity contribution in [2.24, 2.45) is 7.05 Å². The summed E-state index contributed by atoms with van der Waals surface area (Å²) in [7, 11) is 2.16. The van der Waals surface area contributed by atoms with Crippen molar-refractivity contribution in [3.05, 3.63) is 53.0 Å². The molecule has 2 aromatic carbocycles. The molecule has 3 heteroatoms. The van der Waals surface area contributed by atoms with Crippen molar-refractivity contribution in [2.45, 2.75) is 20.3 Å². The van der Waals surface area contributed by atoms with E-state index in [1.807, 2.05) is 5.51 Å². The van der Waals surface area contributed by atoms with E-state index >= 15 is 0 Å². The molecule has 0 radical (unpaired) electrons. The topological polar surface area (TPSA) is 17.8 Å². The summed E-state index contributed by atoms with van der Waals surface area (Å²) in [4.78, 5) is 4.45. The van der Waals surface area contributed by atoms with Gasteiger partial charge in [-0.05, 0) is 49.2 Å². The molecule has 0 amide bonds. The third kappa shape index (κ3) is 1.97. The van der Waals surface area contributed by atoms with Gasteiger partial charge in [0, 0.05) is 29.2 Å². The highest BCUT2D eigenvalue weighted by molar-refractivity contribution is 7.16. The molecule has 0 saturated carbocycles. The zero-order valence-electron chi connectivity index (χ0n) is 13.1. The highest BCUT2D eigenvalue weighted by Gasteiger charge is 2.13. The number of thiazole rings is 1. The first-order valence-electron chi connectivity index (χ1n) is 7.60. The van der Waals surface area contributed by atoms with Crippen molar-refractivity contribution < 1.29 is 0 Å². The summed E-state index contributed by atoms with van der Waals surface area (Å²) in [5, 5.41) is 1.31. The average Bonchev–Trinajstić information content (AvgIpc) is 3.09. The van der Waals surface area contributed by atoms with Crippen molar-refractivity contribution in [2.75, 3.05) is 0 Å². The summed E-state index contributed by atoms with van der Waals surface area (Å²) in [6.45, 7) is 4.36. The van der Waals surface area contributed by atoms with E-state index in [1.54, 1.807) is 11.3 Å². The van der Waals surface area contributed by atoms with Crippen LogP contribution in [0, 0.1) is 6.92 Å². The molecule has 0 aliphatic rings. The van der Waals surface area contributed by atoms with Gasteiger partial charge >= 0.3 is 0 Å². The molecule has 4 rings (SSSR count). The minimum absolute atomic E-state index is 1.02. The number of hydrogen-bond donors (Lipinski definition) is 0. The third-order valence-electron chi connectivity index (χ3n) is 4.41. The van der Waals surface area contributed by atoms with Gasteiger partial charge in [0.2, 0.25) is 0 Å². The van der Waals surface area contributed by atoms with Gasteiger partial charge in [-0.2, -0.15) is 0 Å². The lowest BCUT2D eigenvalue weighted by molar-refractivity contribution is 0.973.